The Kier molecular flexibility index (Phi) is 3.67. The lowest BCUT2D eigenvalue weighted by Crippen LogP contribution is -2.30. The molecule has 3 aromatic heterocycles. The Labute approximate surface area is 138 Å². The molecule has 6 heteroatoms. The van der Waals surface area contributed by atoms with Gasteiger partial charge in [0, 0.05) is 11.8 Å². The van der Waals surface area contributed by atoms with Crippen molar-refractivity contribution in [1.82, 2.24) is 20.1 Å². The topological polar surface area (TPSA) is 59.8 Å². The van der Waals surface area contributed by atoms with E-state index in [9.17, 15) is 4.79 Å². The van der Waals surface area contributed by atoms with Crippen LogP contribution in [0.25, 0.3) is 5.82 Å². The van der Waals surface area contributed by atoms with Crippen molar-refractivity contribution >= 4 is 17.2 Å². The Hall–Kier alpha value is -2.47. The smallest absolute Gasteiger partial charge is 0.261 e. The minimum absolute atomic E-state index is 0.0107. The largest absolute Gasteiger partial charge is 0.344 e. The van der Waals surface area contributed by atoms with Gasteiger partial charge in [0.15, 0.2) is 5.82 Å². The molecule has 0 saturated heterocycles. The van der Waals surface area contributed by atoms with E-state index in [-0.39, 0.29) is 11.9 Å². The standard InChI is InChI=1S/C17H16N4OS/c22-17(15-7-4-10-23-15)20-13-5-3-6-14-12(13)11-19-21(14)16-8-1-2-9-18-16/h1-2,4,7-11,13H,3,5-6H2,(H,20,22). The lowest BCUT2D eigenvalue weighted by Gasteiger charge is -2.23. The molecule has 1 aliphatic carbocycles. The Balaban J connectivity index is 1.62. The van der Waals surface area contributed by atoms with Gasteiger partial charge in [-0.25, -0.2) is 9.67 Å². The summed E-state index contributed by atoms with van der Waals surface area (Å²) in [6.45, 7) is 0. The number of nitrogens with zero attached hydrogens (tertiary/aromatic N) is 3. The number of amides is 1. The summed E-state index contributed by atoms with van der Waals surface area (Å²) in [6.07, 6.45) is 6.56. The summed E-state index contributed by atoms with van der Waals surface area (Å²) in [4.78, 5) is 17.4. The molecule has 1 atom stereocenters. The quantitative estimate of drug-likeness (QED) is 0.805. The first kappa shape index (κ1) is 14.1. The zero-order chi connectivity index (χ0) is 15.6. The van der Waals surface area contributed by atoms with Crippen LogP contribution in [0.3, 0.4) is 0 Å². The van der Waals surface area contributed by atoms with Gasteiger partial charge in [-0.15, -0.1) is 11.3 Å². The predicted molar refractivity (Wildman–Crippen MR) is 88.8 cm³/mol. The summed E-state index contributed by atoms with van der Waals surface area (Å²) in [6, 6.07) is 9.55. The van der Waals surface area contributed by atoms with Crippen LogP contribution in [0.4, 0.5) is 0 Å². The molecule has 116 valence electrons. The van der Waals surface area contributed by atoms with Gasteiger partial charge < -0.3 is 5.32 Å². The maximum atomic E-state index is 12.3. The number of hydrogen-bond acceptors (Lipinski definition) is 4. The SMILES string of the molecule is O=C(NC1CCCc2c1cnn2-c1ccccn1)c1cccs1. The molecule has 0 aromatic carbocycles. The van der Waals surface area contributed by atoms with Crippen LogP contribution in [0.1, 0.15) is 39.8 Å². The van der Waals surface area contributed by atoms with Gasteiger partial charge in [-0.3, -0.25) is 4.79 Å². The zero-order valence-electron chi connectivity index (χ0n) is 12.5. The van der Waals surface area contributed by atoms with Gasteiger partial charge >= 0.3 is 0 Å². The molecule has 0 bridgehead atoms. The van der Waals surface area contributed by atoms with E-state index >= 15 is 0 Å². The van der Waals surface area contributed by atoms with E-state index in [1.54, 1.807) is 6.20 Å². The summed E-state index contributed by atoms with van der Waals surface area (Å²) in [5.41, 5.74) is 2.25. The molecule has 0 saturated carbocycles. The molecule has 1 amide bonds. The normalized spacial score (nSPS) is 16.8. The number of hydrogen-bond donors (Lipinski definition) is 1. The Morgan fingerprint density at radius 1 is 1.30 bits per heavy atom. The Morgan fingerprint density at radius 3 is 3.04 bits per heavy atom. The third-order valence-corrected chi connectivity index (χ3v) is 4.97. The maximum Gasteiger partial charge on any atom is 0.261 e. The van der Waals surface area contributed by atoms with Crippen molar-refractivity contribution < 1.29 is 4.79 Å². The minimum atomic E-state index is -0.0107. The van der Waals surface area contributed by atoms with Crippen molar-refractivity contribution in [3.05, 3.63) is 64.2 Å². The van der Waals surface area contributed by atoms with Crippen LogP contribution in [0, 0.1) is 0 Å². The molecule has 3 aromatic rings. The van der Waals surface area contributed by atoms with E-state index in [0.717, 1.165) is 41.2 Å². The number of rotatable bonds is 3. The molecule has 1 unspecified atom stereocenters. The number of nitrogens with one attached hydrogen (secondary N) is 1. The fourth-order valence-corrected chi connectivity index (χ4v) is 3.65. The van der Waals surface area contributed by atoms with E-state index in [2.05, 4.69) is 15.4 Å². The second-order valence-corrected chi connectivity index (χ2v) is 6.49. The highest BCUT2D eigenvalue weighted by molar-refractivity contribution is 7.12. The number of carbonyl (C=O) groups excluding carboxylic acids is 1. The first-order valence-electron chi connectivity index (χ1n) is 7.65. The van der Waals surface area contributed by atoms with Gasteiger partial charge in [-0.2, -0.15) is 5.10 Å². The van der Waals surface area contributed by atoms with Gasteiger partial charge in [0.05, 0.1) is 22.8 Å². The van der Waals surface area contributed by atoms with Crippen LogP contribution < -0.4 is 5.32 Å². The van der Waals surface area contributed by atoms with Crippen molar-refractivity contribution in [2.75, 3.05) is 0 Å². The first-order valence-corrected chi connectivity index (χ1v) is 8.53. The molecule has 0 aliphatic heterocycles. The number of aromatic nitrogens is 3. The molecule has 1 N–H and O–H groups in total. The number of carbonyl (C=O) groups is 1. The predicted octanol–water partition coefficient (Wildman–Crippen LogP) is 3.14. The average Bonchev–Trinajstić information content (AvgIpc) is 3.26. The fourth-order valence-electron chi connectivity index (χ4n) is 3.02. The van der Waals surface area contributed by atoms with E-state index in [0.29, 0.717) is 0 Å². The number of thiophene rings is 1. The highest BCUT2D eigenvalue weighted by Gasteiger charge is 2.26. The molecule has 4 rings (SSSR count). The summed E-state index contributed by atoms with van der Waals surface area (Å²) >= 11 is 1.46. The molecular weight excluding hydrogens is 308 g/mol. The van der Waals surface area contributed by atoms with Crippen LogP contribution in [0.15, 0.2) is 48.1 Å². The lowest BCUT2D eigenvalue weighted by molar-refractivity contribution is 0.0937. The molecule has 23 heavy (non-hydrogen) atoms. The summed E-state index contributed by atoms with van der Waals surface area (Å²) in [5, 5.41) is 9.55. The number of fused-ring (bicyclic) bond motifs is 1. The highest BCUT2D eigenvalue weighted by Crippen LogP contribution is 2.31. The van der Waals surface area contributed by atoms with Gasteiger partial charge in [-0.1, -0.05) is 12.1 Å². The van der Waals surface area contributed by atoms with Gasteiger partial charge in [-0.05, 0) is 42.8 Å². The first-order chi connectivity index (χ1) is 11.3. The summed E-state index contributed by atoms with van der Waals surface area (Å²) in [7, 11) is 0. The van der Waals surface area contributed by atoms with E-state index in [1.807, 2.05) is 46.6 Å². The van der Waals surface area contributed by atoms with E-state index < -0.39 is 0 Å². The maximum absolute atomic E-state index is 12.3. The fraction of sp³-hybridized carbons (Fsp3) is 0.235. The van der Waals surface area contributed by atoms with Crippen LogP contribution in [0.5, 0.6) is 0 Å². The molecule has 3 heterocycles. The van der Waals surface area contributed by atoms with Crippen LogP contribution in [0.2, 0.25) is 0 Å². The van der Waals surface area contributed by atoms with Crippen LogP contribution >= 0.6 is 11.3 Å². The molecule has 5 nitrogen and oxygen atoms in total. The Bertz CT molecular complexity index is 811. The lowest BCUT2D eigenvalue weighted by atomic mass is 9.93. The number of pyridine rings is 1. The third kappa shape index (κ3) is 2.66. The third-order valence-electron chi connectivity index (χ3n) is 4.10. The molecular formula is C17H16N4OS. The second-order valence-electron chi connectivity index (χ2n) is 5.54. The van der Waals surface area contributed by atoms with E-state index in [1.165, 1.54) is 11.3 Å². The van der Waals surface area contributed by atoms with Gasteiger partial charge in [0.1, 0.15) is 0 Å². The summed E-state index contributed by atoms with van der Waals surface area (Å²) < 4.78 is 1.89. The van der Waals surface area contributed by atoms with Crippen molar-refractivity contribution in [2.45, 2.75) is 25.3 Å². The van der Waals surface area contributed by atoms with Crippen LogP contribution in [-0.4, -0.2) is 20.7 Å². The summed E-state index contributed by atoms with van der Waals surface area (Å²) in [5.74, 6) is 0.808. The van der Waals surface area contributed by atoms with Crippen molar-refractivity contribution in [3.63, 3.8) is 0 Å². The molecule has 0 radical (unpaired) electrons. The van der Waals surface area contributed by atoms with Crippen molar-refractivity contribution in [3.8, 4) is 5.82 Å². The highest BCUT2D eigenvalue weighted by atomic mass is 32.1. The monoisotopic (exact) mass is 324 g/mol. The van der Waals surface area contributed by atoms with Gasteiger partial charge in [0.2, 0.25) is 0 Å². The average molecular weight is 324 g/mol. The van der Waals surface area contributed by atoms with Crippen molar-refractivity contribution in [2.24, 2.45) is 0 Å². The second kappa shape index (κ2) is 5.96. The Morgan fingerprint density at radius 2 is 2.26 bits per heavy atom. The van der Waals surface area contributed by atoms with E-state index in [4.69, 9.17) is 0 Å². The molecule has 0 spiro atoms. The molecule has 1 aliphatic rings. The zero-order valence-corrected chi connectivity index (χ0v) is 13.3. The minimum Gasteiger partial charge on any atom is -0.344 e. The van der Waals surface area contributed by atoms with Crippen LogP contribution in [-0.2, 0) is 6.42 Å². The molecule has 0 fully saturated rings. The van der Waals surface area contributed by atoms with Crippen molar-refractivity contribution in [1.29, 1.82) is 0 Å². The van der Waals surface area contributed by atoms with Gasteiger partial charge in [0.25, 0.3) is 5.91 Å².